The van der Waals surface area contributed by atoms with E-state index in [2.05, 4.69) is 25.9 Å². The van der Waals surface area contributed by atoms with Gasteiger partial charge < -0.3 is 10.2 Å². The van der Waals surface area contributed by atoms with Crippen molar-refractivity contribution in [3.63, 3.8) is 0 Å². The summed E-state index contributed by atoms with van der Waals surface area (Å²) in [6.45, 7) is 0.246. The monoisotopic (exact) mass is 340 g/mol. The minimum absolute atomic E-state index is 0.0108. The molecule has 0 atom stereocenters. The lowest BCUT2D eigenvalue weighted by atomic mass is 10.2. The van der Waals surface area contributed by atoms with Gasteiger partial charge in [-0.05, 0) is 18.2 Å². The molecule has 122 valence electrons. The predicted molar refractivity (Wildman–Crippen MR) is 81.9 cm³/mol. The first kappa shape index (κ1) is 15.7. The third kappa shape index (κ3) is 3.95. The van der Waals surface area contributed by atoms with Crippen molar-refractivity contribution in [3.05, 3.63) is 24.0 Å². The maximum absolute atomic E-state index is 12.7. The average Bonchev–Trinajstić information content (AvgIpc) is 3.00. The number of alkyl halides is 2. The summed E-state index contributed by atoms with van der Waals surface area (Å²) in [6, 6.07) is 5.31. The van der Waals surface area contributed by atoms with Gasteiger partial charge in [0, 0.05) is 22.9 Å². The van der Waals surface area contributed by atoms with Crippen molar-refractivity contribution in [1.29, 1.82) is 0 Å². The van der Waals surface area contributed by atoms with Gasteiger partial charge in [0.05, 0.1) is 18.7 Å². The Morgan fingerprint density at radius 3 is 3.09 bits per heavy atom. The Kier molecular flexibility index (Phi) is 4.70. The predicted octanol–water partition coefficient (Wildman–Crippen LogP) is 1.56. The van der Waals surface area contributed by atoms with Gasteiger partial charge in [-0.1, -0.05) is 5.21 Å². The van der Waals surface area contributed by atoms with Crippen LogP contribution in [0.15, 0.2) is 23.1 Å². The molecule has 0 radical (unpaired) electrons. The highest BCUT2D eigenvalue weighted by molar-refractivity contribution is 7.99. The Morgan fingerprint density at radius 2 is 2.35 bits per heavy atom. The zero-order valence-corrected chi connectivity index (χ0v) is 12.8. The Morgan fingerprint density at radius 1 is 1.48 bits per heavy atom. The Hall–Kier alpha value is -2.23. The number of carbonyl (C=O) groups excluding carboxylic acids is 1. The first-order valence-electron chi connectivity index (χ1n) is 6.94. The molecule has 1 aromatic heterocycles. The SMILES string of the molecule is O=C(Cc1nn[nH]n1)Nc1ccc2c(c1)N(CC(F)F)CCS2. The summed E-state index contributed by atoms with van der Waals surface area (Å²) in [5, 5.41) is 15.8. The fourth-order valence-corrected chi connectivity index (χ4v) is 3.34. The van der Waals surface area contributed by atoms with Crippen molar-refractivity contribution in [2.75, 3.05) is 29.1 Å². The van der Waals surface area contributed by atoms with Gasteiger partial charge in [0.25, 0.3) is 6.43 Å². The molecule has 23 heavy (non-hydrogen) atoms. The third-order valence-corrected chi connectivity index (χ3v) is 4.31. The number of amides is 1. The molecule has 1 aromatic carbocycles. The van der Waals surface area contributed by atoms with Gasteiger partial charge in [0.15, 0.2) is 5.82 Å². The largest absolute Gasteiger partial charge is 0.364 e. The van der Waals surface area contributed by atoms with Gasteiger partial charge in [-0.25, -0.2) is 8.78 Å². The van der Waals surface area contributed by atoms with Crippen LogP contribution in [0.1, 0.15) is 5.82 Å². The number of benzene rings is 1. The summed E-state index contributed by atoms with van der Waals surface area (Å²) in [5.74, 6) is 0.758. The number of H-pyrrole nitrogens is 1. The van der Waals surface area contributed by atoms with Crippen LogP contribution in [0.2, 0.25) is 0 Å². The van der Waals surface area contributed by atoms with Crippen LogP contribution >= 0.6 is 11.8 Å². The number of aromatic nitrogens is 4. The van der Waals surface area contributed by atoms with Crippen molar-refractivity contribution in [2.45, 2.75) is 17.7 Å². The highest BCUT2D eigenvalue weighted by Gasteiger charge is 2.21. The minimum atomic E-state index is -2.40. The van der Waals surface area contributed by atoms with E-state index in [0.717, 1.165) is 16.3 Å². The van der Waals surface area contributed by atoms with Crippen molar-refractivity contribution in [2.24, 2.45) is 0 Å². The summed E-state index contributed by atoms with van der Waals surface area (Å²) >= 11 is 1.62. The lowest BCUT2D eigenvalue weighted by molar-refractivity contribution is -0.115. The molecule has 0 bridgehead atoms. The van der Waals surface area contributed by atoms with Crippen LogP contribution in [0.4, 0.5) is 20.2 Å². The van der Waals surface area contributed by atoms with Gasteiger partial charge >= 0.3 is 0 Å². The number of anilines is 2. The van der Waals surface area contributed by atoms with Gasteiger partial charge in [0.2, 0.25) is 5.91 Å². The van der Waals surface area contributed by atoms with Gasteiger partial charge in [-0.3, -0.25) is 4.79 Å². The minimum Gasteiger partial charge on any atom is -0.364 e. The van der Waals surface area contributed by atoms with E-state index in [4.69, 9.17) is 0 Å². The number of nitrogens with one attached hydrogen (secondary N) is 2. The quantitative estimate of drug-likeness (QED) is 0.859. The third-order valence-electron chi connectivity index (χ3n) is 3.27. The fourth-order valence-electron chi connectivity index (χ4n) is 2.31. The molecule has 2 heterocycles. The normalized spacial score (nSPS) is 14.0. The summed E-state index contributed by atoms with van der Waals surface area (Å²) in [6.07, 6.45) is -2.41. The molecule has 0 saturated carbocycles. The zero-order chi connectivity index (χ0) is 16.2. The van der Waals surface area contributed by atoms with E-state index in [9.17, 15) is 13.6 Å². The second-order valence-electron chi connectivity index (χ2n) is 4.92. The molecule has 3 rings (SSSR count). The first-order valence-corrected chi connectivity index (χ1v) is 7.92. The van der Waals surface area contributed by atoms with Crippen LogP contribution in [0.5, 0.6) is 0 Å². The number of tetrazole rings is 1. The number of nitrogens with zero attached hydrogens (tertiary/aromatic N) is 4. The molecule has 1 aliphatic heterocycles. The number of aromatic amines is 1. The Balaban J connectivity index is 1.72. The summed E-state index contributed by atoms with van der Waals surface area (Å²) < 4.78 is 25.4. The number of hydrogen-bond donors (Lipinski definition) is 2. The summed E-state index contributed by atoms with van der Waals surface area (Å²) in [5.41, 5.74) is 1.28. The van der Waals surface area contributed by atoms with Crippen molar-refractivity contribution < 1.29 is 13.6 Å². The number of halogens is 2. The average molecular weight is 340 g/mol. The molecule has 0 aliphatic carbocycles. The van der Waals surface area contributed by atoms with Crippen molar-refractivity contribution >= 4 is 29.0 Å². The second kappa shape index (κ2) is 6.90. The van der Waals surface area contributed by atoms with E-state index in [1.165, 1.54) is 0 Å². The van der Waals surface area contributed by atoms with Gasteiger partial charge in [-0.15, -0.1) is 22.0 Å². The molecular weight excluding hydrogens is 326 g/mol. The van der Waals surface area contributed by atoms with Crippen molar-refractivity contribution in [3.8, 4) is 0 Å². The van der Waals surface area contributed by atoms with Gasteiger partial charge in [0.1, 0.15) is 0 Å². The molecule has 10 heteroatoms. The van der Waals surface area contributed by atoms with Crippen LogP contribution < -0.4 is 10.2 Å². The molecule has 2 N–H and O–H groups in total. The van der Waals surface area contributed by atoms with Crippen LogP contribution in [-0.4, -0.2) is 51.8 Å². The topological polar surface area (TPSA) is 86.8 Å². The smallest absolute Gasteiger partial charge is 0.255 e. The summed E-state index contributed by atoms with van der Waals surface area (Å²) in [4.78, 5) is 14.5. The fraction of sp³-hybridized carbons (Fsp3) is 0.385. The van der Waals surface area contributed by atoms with E-state index < -0.39 is 6.43 Å². The maximum Gasteiger partial charge on any atom is 0.255 e. The lowest BCUT2D eigenvalue weighted by Gasteiger charge is -2.31. The Labute approximate surface area is 134 Å². The number of carbonyl (C=O) groups is 1. The molecule has 7 nitrogen and oxygen atoms in total. The molecule has 0 fully saturated rings. The zero-order valence-electron chi connectivity index (χ0n) is 12.0. The lowest BCUT2D eigenvalue weighted by Crippen LogP contribution is -2.33. The second-order valence-corrected chi connectivity index (χ2v) is 6.06. The number of fused-ring (bicyclic) bond motifs is 1. The number of hydrogen-bond acceptors (Lipinski definition) is 6. The summed E-state index contributed by atoms with van der Waals surface area (Å²) in [7, 11) is 0. The Bertz CT molecular complexity index is 681. The number of thioether (sulfide) groups is 1. The number of rotatable bonds is 5. The van der Waals surface area contributed by atoms with E-state index in [1.54, 1.807) is 28.8 Å². The van der Waals surface area contributed by atoms with Gasteiger partial charge in [-0.2, -0.15) is 5.21 Å². The highest BCUT2D eigenvalue weighted by Crippen LogP contribution is 2.36. The molecule has 1 aliphatic rings. The standard InChI is InChI=1S/C13H14F2N6OS/c14-11(15)7-21-3-4-23-10-2-1-8(5-9(10)21)16-13(22)6-12-17-19-20-18-12/h1-2,5,11H,3-4,6-7H2,(H,16,22)(H,17,18,19,20). The van der Waals surface area contributed by atoms with E-state index in [1.807, 2.05) is 6.07 Å². The molecule has 2 aromatic rings. The molecule has 0 unspecified atom stereocenters. The van der Waals surface area contributed by atoms with E-state index in [-0.39, 0.29) is 24.7 Å². The van der Waals surface area contributed by atoms with E-state index >= 15 is 0 Å². The first-order chi connectivity index (χ1) is 11.1. The van der Waals surface area contributed by atoms with Crippen molar-refractivity contribution in [1.82, 2.24) is 20.6 Å². The van der Waals surface area contributed by atoms with Crippen LogP contribution in [0.25, 0.3) is 0 Å². The highest BCUT2D eigenvalue weighted by atomic mass is 32.2. The van der Waals surface area contributed by atoms with Crippen LogP contribution in [0.3, 0.4) is 0 Å². The van der Waals surface area contributed by atoms with E-state index in [0.29, 0.717) is 12.2 Å². The molecule has 1 amide bonds. The molecule has 0 spiro atoms. The van der Waals surface area contributed by atoms with Crippen LogP contribution in [0, 0.1) is 0 Å². The molecular formula is C13H14F2N6OS. The van der Waals surface area contributed by atoms with Crippen LogP contribution in [-0.2, 0) is 11.2 Å². The molecule has 0 saturated heterocycles. The maximum atomic E-state index is 12.7.